The van der Waals surface area contributed by atoms with Gasteiger partial charge in [0.1, 0.15) is 5.75 Å². The van der Waals surface area contributed by atoms with Crippen LogP contribution < -0.4 is 21.0 Å². The van der Waals surface area contributed by atoms with E-state index in [1.165, 1.54) is 6.21 Å². The molecule has 0 aliphatic rings. The van der Waals surface area contributed by atoms with Gasteiger partial charge in [-0.25, -0.2) is 5.43 Å². The number of pyridine rings is 1. The average molecular weight is 350 g/mol. The quantitative estimate of drug-likeness (QED) is 0.469. The largest absolute Gasteiger partial charge is 0.497 e. The minimum atomic E-state index is -0.325. The second kappa shape index (κ2) is 7.98. The monoisotopic (exact) mass is 350 g/mol. The molecular weight excluding hydrogens is 332 g/mol. The minimum absolute atomic E-state index is 0.0533. The summed E-state index contributed by atoms with van der Waals surface area (Å²) in [6.45, 7) is 0.0533. The summed E-state index contributed by atoms with van der Waals surface area (Å²) in [5, 5.41) is 7.70. The lowest BCUT2D eigenvalue weighted by Crippen LogP contribution is -2.26. The molecule has 0 spiro atoms. The number of hydrazone groups is 1. The first-order chi connectivity index (χ1) is 12.7. The van der Waals surface area contributed by atoms with Crippen LogP contribution in [0.3, 0.4) is 0 Å². The number of benzene rings is 2. The van der Waals surface area contributed by atoms with E-state index in [0.29, 0.717) is 5.56 Å². The SMILES string of the molecule is COc1ccc(NCC(=O)N/N=C/c2cc3ccccc3[nH]c2=O)cc1. The number of rotatable bonds is 6. The smallest absolute Gasteiger partial charge is 0.259 e. The van der Waals surface area contributed by atoms with Gasteiger partial charge in [-0.2, -0.15) is 5.10 Å². The number of ether oxygens (including phenoxy) is 1. The molecule has 7 nitrogen and oxygen atoms in total. The van der Waals surface area contributed by atoms with Crippen LogP contribution in [0.2, 0.25) is 0 Å². The summed E-state index contributed by atoms with van der Waals surface area (Å²) in [7, 11) is 1.59. The number of para-hydroxylation sites is 1. The molecule has 1 amide bonds. The molecule has 7 heteroatoms. The predicted molar refractivity (Wildman–Crippen MR) is 102 cm³/mol. The van der Waals surface area contributed by atoms with Crippen LogP contribution in [0.4, 0.5) is 5.69 Å². The van der Waals surface area contributed by atoms with Crippen molar-refractivity contribution in [2.45, 2.75) is 0 Å². The molecule has 0 aliphatic heterocycles. The van der Waals surface area contributed by atoms with E-state index in [0.717, 1.165) is 22.3 Å². The minimum Gasteiger partial charge on any atom is -0.497 e. The molecule has 0 radical (unpaired) electrons. The molecule has 0 saturated carbocycles. The van der Waals surface area contributed by atoms with Crippen molar-refractivity contribution in [1.29, 1.82) is 0 Å². The van der Waals surface area contributed by atoms with Gasteiger partial charge in [-0.15, -0.1) is 0 Å². The second-order valence-electron chi connectivity index (χ2n) is 5.52. The van der Waals surface area contributed by atoms with E-state index in [4.69, 9.17) is 4.74 Å². The van der Waals surface area contributed by atoms with Gasteiger partial charge >= 0.3 is 0 Å². The Hall–Kier alpha value is -3.61. The number of amides is 1. The fraction of sp³-hybridized carbons (Fsp3) is 0.105. The van der Waals surface area contributed by atoms with Gasteiger partial charge in [-0.1, -0.05) is 18.2 Å². The van der Waals surface area contributed by atoms with Crippen LogP contribution in [0.5, 0.6) is 5.75 Å². The fourth-order valence-electron chi connectivity index (χ4n) is 2.36. The molecule has 3 N–H and O–H groups in total. The Morgan fingerprint density at radius 3 is 2.73 bits per heavy atom. The van der Waals surface area contributed by atoms with E-state index in [1.807, 2.05) is 36.4 Å². The zero-order valence-electron chi connectivity index (χ0n) is 14.2. The van der Waals surface area contributed by atoms with Crippen molar-refractivity contribution in [2.75, 3.05) is 19.0 Å². The van der Waals surface area contributed by atoms with Gasteiger partial charge in [-0.05, 0) is 41.8 Å². The zero-order valence-corrected chi connectivity index (χ0v) is 14.2. The molecule has 1 heterocycles. The molecule has 132 valence electrons. The topological polar surface area (TPSA) is 95.6 Å². The van der Waals surface area contributed by atoms with E-state index in [-0.39, 0.29) is 18.0 Å². The lowest BCUT2D eigenvalue weighted by Gasteiger charge is -2.06. The van der Waals surface area contributed by atoms with Crippen molar-refractivity contribution >= 4 is 28.7 Å². The Bertz CT molecular complexity index is 994. The number of H-pyrrole nitrogens is 1. The number of hydrogen-bond acceptors (Lipinski definition) is 5. The lowest BCUT2D eigenvalue weighted by atomic mass is 10.2. The zero-order chi connectivity index (χ0) is 18.4. The number of methoxy groups -OCH3 is 1. The molecule has 0 saturated heterocycles. The number of aromatic amines is 1. The molecule has 0 unspecified atom stereocenters. The molecule has 0 aliphatic carbocycles. The van der Waals surface area contributed by atoms with Gasteiger partial charge in [0.05, 0.1) is 25.4 Å². The summed E-state index contributed by atoms with van der Waals surface area (Å²) in [5.74, 6) is 0.416. The Kier molecular flexibility index (Phi) is 5.28. The van der Waals surface area contributed by atoms with Crippen LogP contribution >= 0.6 is 0 Å². The summed E-state index contributed by atoms with van der Waals surface area (Å²) in [4.78, 5) is 26.6. The number of fused-ring (bicyclic) bond motifs is 1. The normalized spacial score (nSPS) is 10.8. The molecule has 26 heavy (non-hydrogen) atoms. The molecule has 0 bridgehead atoms. The summed E-state index contributed by atoms with van der Waals surface area (Å²) in [6, 6.07) is 16.4. The van der Waals surface area contributed by atoms with Gasteiger partial charge in [0, 0.05) is 11.2 Å². The van der Waals surface area contributed by atoms with E-state index in [2.05, 4.69) is 20.8 Å². The third-order valence-corrected chi connectivity index (χ3v) is 3.72. The van der Waals surface area contributed by atoms with E-state index >= 15 is 0 Å². The van der Waals surface area contributed by atoms with E-state index in [9.17, 15) is 9.59 Å². The number of hydrogen-bond donors (Lipinski definition) is 3. The standard InChI is InChI=1S/C19H18N4O3/c1-26-16-8-6-15(7-9-16)20-12-18(24)23-21-11-14-10-13-4-2-3-5-17(13)22-19(14)25/h2-11,20H,12H2,1H3,(H,22,25)(H,23,24)/b21-11+. The first-order valence-electron chi connectivity index (χ1n) is 7.97. The Labute approximate surface area is 149 Å². The number of anilines is 1. The maximum atomic E-state index is 12.0. The Morgan fingerprint density at radius 1 is 1.19 bits per heavy atom. The van der Waals surface area contributed by atoms with Gasteiger partial charge in [0.15, 0.2) is 0 Å². The summed E-state index contributed by atoms with van der Waals surface area (Å²) in [6.07, 6.45) is 1.33. The highest BCUT2D eigenvalue weighted by molar-refractivity contribution is 5.88. The summed E-state index contributed by atoms with van der Waals surface area (Å²) >= 11 is 0. The first kappa shape index (κ1) is 17.2. The lowest BCUT2D eigenvalue weighted by molar-refractivity contribution is -0.119. The molecule has 3 aromatic rings. The van der Waals surface area contributed by atoms with Crippen molar-refractivity contribution < 1.29 is 9.53 Å². The number of nitrogens with zero attached hydrogens (tertiary/aromatic N) is 1. The van der Waals surface area contributed by atoms with Crippen LogP contribution in [-0.2, 0) is 4.79 Å². The highest BCUT2D eigenvalue weighted by Crippen LogP contribution is 2.14. The highest BCUT2D eigenvalue weighted by atomic mass is 16.5. The van der Waals surface area contributed by atoms with E-state index in [1.54, 1.807) is 25.3 Å². The van der Waals surface area contributed by atoms with Crippen LogP contribution in [-0.4, -0.2) is 30.8 Å². The third kappa shape index (κ3) is 4.27. The third-order valence-electron chi connectivity index (χ3n) is 3.72. The summed E-state index contributed by atoms with van der Waals surface area (Å²) in [5.41, 5.74) is 4.03. The van der Waals surface area contributed by atoms with Gasteiger partial charge in [0.25, 0.3) is 11.5 Å². The predicted octanol–water partition coefficient (Wildman–Crippen LogP) is 2.10. The Morgan fingerprint density at radius 2 is 1.96 bits per heavy atom. The fourth-order valence-corrected chi connectivity index (χ4v) is 2.36. The molecule has 0 atom stereocenters. The molecule has 1 aromatic heterocycles. The number of carbonyl (C=O) groups is 1. The number of nitrogens with one attached hydrogen (secondary N) is 3. The van der Waals surface area contributed by atoms with Gasteiger partial charge < -0.3 is 15.0 Å². The van der Waals surface area contributed by atoms with E-state index < -0.39 is 0 Å². The Balaban J connectivity index is 1.56. The van der Waals surface area contributed by atoms with Crippen molar-refractivity contribution in [2.24, 2.45) is 5.10 Å². The maximum absolute atomic E-state index is 12.0. The van der Waals surface area contributed by atoms with Crippen molar-refractivity contribution in [1.82, 2.24) is 10.4 Å². The van der Waals surface area contributed by atoms with Crippen LogP contribution in [0.25, 0.3) is 10.9 Å². The summed E-state index contributed by atoms with van der Waals surface area (Å²) < 4.78 is 5.07. The maximum Gasteiger partial charge on any atom is 0.259 e. The van der Waals surface area contributed by atoms with Gasteiger partial charge in [0.2, 0.25) is 0 Å². The molecule has 3 rings (SSSR count). The van der Waals surface area contributed by atoms with Crippen LogP contribution in [0.1, 0.15) is 5.56 Å². The molecule has 2 aromatic carbocycles. The van der Waals surface area contributed by atoms with Crippen LogP contribution in [0, 0.1) is 0 Å². The van der Waals surface area contributed by atoms with Gasteiger partial charge in [-0.3, -0.25) is 9.59 Å². The highest BCUT2D eigenvalue weighted by Gasteiger charge is 2.02. The van der Waals surface area contributed by atoms with Crippen molar-refractivity contribution in [3.8, 4) is 5.75 Å². The molecular formula is C19H18N4O3. The first-order valence-corrected chi connectivity index (χ1v) is 7.97. The number of carbonyl (C=O) groups excluding carboxylic acids is 1. The second-order valence-corrected chi connectivity index (χ2v) is 5.52. The van der Waals surface area contributed by atoms with Crippen molar-refractivity contribution in [3.63, 3.8) is 0 Å². The van der Waals surface area contributed by atoms with Crippen molar-refractivity contribution in [3.05, 3.63) is 70.5 Å². The average Bonchev–Trinajstić information content (AvgIpc) is 2.67. The number of aromatic nitrogens is 1. The molecule has 0 fully saturated rings. The van der Waals surface area contributed by atoms with Crippen LogP contribution in [0.15, 0.2) is 64.5 Å².